The van der Waals surface area contributed by atoms with Gasteiger partial charge in [0, 0.05) is 19.7 Å². The minimum Gasteiger partial charge on any atom is -0.383 e. The van der Waals surface area contributed by atoms with Crippen LogP contribution in [0.2, 0.25) is 5.02 Å². The molecule has 1 N–H and O–H groups in total. The molecule has 0 saturated carbocycles. The van der Waals surface area contributed by atoms with Gasteiger partial charge in [0.15, 0.2) is 0 Å². The van der Waals surface area contributed by atoms with Gasteiger partial charge in [-0.1, -0.05) is 17.7 Å². The van der Waals surface area contributed by atoms with Crippen LogP contribution in [-0.2, 0) is 4.74 Å². The third-order valence-corrected chi connectivity index (χ3v) is 2.49. The highest BCUT2D eigenvalue weighted by Gasteiger charge is 2.07. The fourth-order valence-electron chi connectivity index (χ4n) is 1.28. The van der Waals surface area contributed by atoms with Gasteiger partial charge in [0.2, 0.25) is 0 Å². The van der Waals surface area contributed by atoms with Gasteiger partial charge in [0.1, 0.15) is 5.82 Å². The van der Waals surface area contributed by atoms with Crippen molar-refractivity contribution in [2.75, 3.05) is 20.3 Å². The van der Waals surface area contributed by atoms with Gasteiger partial charge in [-0.05, 0) is 24.6 Å². The van der Waals surface area contributed by atoms with Crippen LogP contribution in [0.5, 0.6) is 0 Å². The molecule has 4 heteroatoms. The van der Waals surface area contributed by atoms with Crippen LogP contribution >= 0.6 is 11.6 Å². The van der Waals surface area contributed by atoms with Crippen molar-refractivity contribution in [3.8, 4) is 0 Å². The molecule has 1 aromatic rings. The Bertz CT molecular complexity index is 319. The van der Waals surface area contributed by atoms with Crippen LogP contribution in [-0.4, -0.2) is 20.3 Å². The molecular weight excluding hydrogens is 217 g/mol. The standard InChI is InChI=1S/C11H15ClFNO/c1-8(14-5-6-15-2)9-3-4-11(13)10(12)7-9/h3-4,7-8,14H,5-6H2,1-2H3/t8-/m1/s1. The number of halogens is 2. The second kappa shape index (κ2) is 6.05. The number of nitrogens with one attached hydrogen (secondary N) is 1. The first kappa shape index (κ1) is 12.4. The van der Waals surface area contributed by atoms with Gasteiger partial charge < -0.3 is 10.1 Å². The van der Waals surface area contributed by atoms with Crippen LogP contribution < -0.4 is 5.32 Å². The zero-order valence-electron chi connectivity index (χ0n) is 8.89. The number of methoxy groups -OCH3 is 1. The van der Waals surface area contributed by atoms with Crippen LogP contribution in [0.15, 0.2) is 18.2 Å². The van der Waals surface area contributed by atoms with E-state index in [0.29, 0.717) is 6.61 Å². The average Bonchev–Trinajstić information content (AvgIpc) is 2.22. The SMILES string of the molecule is COCCN[C@H](C)c1ccc(F)c(Cl)c1. The monoisotopic (exact) mass is 231 g/mol. The summed E-state index contributed by atoms with van der Waals surface area (Å²) in [5.74, 6) is -0.385. The highest BCUT2D eigenvalue weighted by atomic mass is 35.5. The van der Waals surface area contributed by atoms with Crippen LogP contribution in [0, 0.1) is 5.82 Å². The second-order valence-electron chi connectivity index (χ2n) is 3.34. The third-order valence-electron chi connectivity index (χ3n) is 2.20. The Kier molecular flexibility index (Phi) is 5.02. The van der Waals surface area contributed by atoms with Gasteiger partial charge in [0.25, 0.3) is 0 Å². The summed E-state index contributed by atoms with van der Waals surface area (Å²) in [5.41, 5.74) is 0.970. The summed E-state index contributed by atoms with van der Waals surface area (Å²) >= 11 is 5.69. The number of rotatable bonds is 5. The van der Waals surface area contributed by atoms with Crippen molar-refractivity contribution >= 4 is 11.6 Å². The lowest BCUT2D eigenvalue weighted by molar-refractivity contribution is 0.196. The normalized spacial score (nSPS) is 12.8. The summed E-state index contributed by atoms with van der Waals surface area (Å²) in [6.45, 7) is 3.41. The lowest BCUT2D eigenvalue weighted by Crippen LogP contribution is -2.22. The van der Waals surface area contributed by atoms with Crippen molar-refractivity contribution in [3.63, 3.8) is 0 Å². The first-order chi connectivity index (χ1) is 7.15. The Hall–Kier alpha value is -0.640. The Labute approximate surface area is 94.4 Å². The summed E-state index contributed by atoms with van der Waals surface area (Å²) in [6, 6.07) is 4.89. The maximum absolute atomic E-state index is 12.9. The van der Waals surface area contributed by atoms with Crippen molar-refractivity contribution in [3.05, 3.63) is 34.6 Å². The van der Waals surface area contributed by atoms with Crippen molar-refractivity contribution in [1.29, 1.82) is 0 Å². The topological polar surface area (TPSA) is 21.3 Å². The fraction of sp³-hybridized carbons (Fsp3) is 0.455. The van der Waals surface area contributed by atoms with Gasteiger partial charge in [-0.25, -0.2) is 4.39 Å². The maximum Gasteiger partial charge on any atom is 0.141 e. The Morgan fingerprint density at radius 1 is 1.53 bits per heavy atom. The molecule has 0 saturated heterocycles. The summed E-state index contributed by atoms with van der Waals surface area (Å²) in [5, 5.41) is 3.40. The zero-order chi connectivity index (χ0) is 11.3. The lowest BCUT2D eigenvalue weighted by Gasteiger charge is -2.14. The van der Waals surface area contributed by atoms with Crippen LogP contribution in [0.3, 0.4) is 0 Å². The Morgan fingerprint density at radius 3 is 2.87 bits per heavy atom. The van der Waals surface area contributed by atoms with Gasteiger partial charge in [0.05, 0.1) is 11.6 Å². The van der Waals surface area contributed by atoms with Crippen LogP contribution in [0.1, 0.15) is 18.5 Å². The molecule has 0 amide bonds. The molecule has 84 valence electrons. The van der Waals surface area contributed by atoms with Crippen molar-refractivity contribution in [2.24, 2.45) is 0 Å². The molecule has 0 bridgehead atoms. The van der Waals surface area contributed by atoms with E-state index in [4.69, 9.17) is 16.3 Å². The van der Waals surface area contributed by atoms with E-state index in [9.17, 15) is 4.39 Å². The summed E-state index contributed by atoms with van der Waals surface area (Å²) in [4.78, 5) is 0. The van der Waals surface area contributed by atoms with Gasteiger partial charge in [-0.15, -0.1) is 0 Å². The molecule has 1 aromatic carbocycles. The molecule has 0 spiro atoms. The first-order valence-corrected chi connectivity index (χ1v) is 5.20. The van der Waals surface area contributed by atoms with Crippen molar-refractivity contribution in [2.45, 2.75) is 13.0 Å². The molecule has 2 nitrogen and oxygen atoms in total. The molecule has 0 aliphatic rings. The predicted octanol–water partition coefficient (Wildman–Crippen LogP) is 2.78. The second-order valence-corrected chi connectivity index (χ2v) is 3.75. The number of ether oxygens (including phenoxy) is 1. The highest BCUT2D eigenvalue weighted by Crippen LogP contribution is 2.20. The van der Waals surface area contributed by atoms with Gasteiger partial charge in [-0.2, -0.15) is 0 Å². The third kappa shape index (κ3) is 3.78. The predicted molar refractivity (Wildman–Crippen MR) is 59.7 cm³/mol. The molecule has 0 aliphatic carbocycles. The lowest BCUT2D eigenvalue weighted by atomic mass is 10.1. The zero-order valence-corrected chi connectivity index (χ0v) is 9.64. The van der Waals surface area contributed by atoms with E-state index >= 15 is 0 Å². The number of hydrogen-bond acceptors (Lipinski definition) is 2. The minimum atomic E-state index is -0.385. The Morgan fingerprint density at radius 2 is 2.27 bits per heavy atom. The quantitative estimate of drug-likeness (QED) is 0.787. The Balaban J connectivity index is 2.57. The van der Waals surface area contributed by atoms with Gasteiger partial charge in [-0.3, -0.25) is 0 Å². The molecule has 1 rings (SSSR count). The van der Waals surface area contributed by atoms with Crippen molar-refractivity contribution in [1.82, 2.24) is 5.32 Å². The van der Waals surface area contributed by atoms with E-state index in [-0.39, 0.29) is 16.9 Å². The molecule has 0 aliphatic heterocycles. The summed E-state index contributed by atoms with van der Waals surface area (Å²) in [7, 11) is 1.65. The molecule has 15 heavy (non-hydrogen) atoms. The van der Waals surface area contributed by atoms with E-state index in [1.54, 1.807) is 19.2 Å². The molecule has 0 unspecified atom stereocenters. The molecular formula is C11H15ClFNO. The van der Waals surface area contributed by atoms with Crippen LogP contribution in [0.4, 0.5) is 4.39 Å². The van der Waals surface area contributed by atoms with E-state index in [1.807, 2.05) is 6.92 Å². The van der Waals surface area contributed by atoms with E-state index in [1.165, 1.54) is 6.07 Å². The molecule has 0 fully saturated rings. The molecule has 0 heterocycles. The fourth-order valence-corrected chi connectivity index (χ4v) is 1.47. The number of benzene rings is 1. The van der Waals surface area contributed by atoms with Gasteiger partial charge >= 0.3 is 0 Å². The first-order valence-electron chi connectivity index (χ1n) is 4.82. The average molecular weight is 232 g/mol. The smallest absolute Gasteiger partial charge is 0.141 e. The van der Waals surface area contributed by atoms with E-state index < -0.39 is 0 Å². The minimum absolute atomic E-state index is 0.137. The molecule has 1 atom stereocenters. The number of hydrogen-bond donors (Lipinski definition) is 1. The molecule has 0 radical (unpaired) electrons. The van der Waals surface area contributed by atoms with E-state index in [2.05, 4.69) is 5.32 Å². The van der Waals surface area contributed by atoms with E-state index in [0.717, 1.165) is 12.1 Å². The summed E-state index contributed by atoms with van der Waals surface area (Å²) in [6.07, 6.45) is 0. The van der Waals surface area contributed by atoms with Crippen molar-refractivity contribution < 1.29 is 9.13 Å². The largest absolute Gasteiger partial charge is 0.383 e. The maximum atomic E-state index is 12.9. The van der Waals surface area contributed by atoms with Crippen LogP contribution in [0.25, 0.3) is 0 Å². The molecule has 0 aromatic heterocycles. The summed E-state index contributed by atoms with van der Waals surface area (Å²) < 4.78 is 17.8. The highest BCUT2D eigenvalue weighted by molar-refractivity contribution is 6.30.